The van der Waals surface area contributed by atoms with Gasteiger partial charge in [0.2, 0.25) is 0 Å². The molecule has 4 nitrogen and oxygen atoms in total. The zero-order valence-corrected chi connectivity index (χ0v) is 16.6. The lowest BCUT2D eigenvalue weighted by molar-refractivity contribution is -0.155. The first-order chi connectivity index (χ1) is 12.1. The van der Waals surface area contributed by atoms with Gasteiger partial charge in [-0.2, -0.15) is 0 Å². The largest absolute Gasteiger partial charge is 0.459 e. The average Bonchev–Trinajstić information content (AvgIpc) is 3.19. The minimum atomic E-state index is -1.22. The Morgan fingerprint density at radius 1 is 1.46 bits per heavy atom. The number of hydrogen-bond donors (Lipinski definition) is 0. The van der Waals surface area contributed by atoms with Gasteiger partial charge in [0.05, 0.1) is 0 Å². The number of esters is 1. The molecule has 0 radical (unpaired) electrons. The van der Waals surface area contributed by atoms with Crippen LogP contribution in [0.1, 0.15) is 54.8 Å². The van der Waals surface area contributed by atoms with Crippen molar-refractivity contribution in [3.63, 3.8) is 0 Å². The minimum absolute atomic E-state index is 0.105. The predicted octanol–water partition coefficient (Wildman–Crippen LogP) is 3.87. The monoisotopic (exact) mass is 429 g/mol. The van der Waals surface area contributed by atoms with E-state index in [2.05, 4.69) is 15.9 Å². The highest BCUT2D eigenvalue weighted by Gasteiger charge is 2.61. The molecule has 0 saturated heterocycles. The highest BCUT2D eigenvalue weighted by Crippen LogP contribution is 2.55. The van der Waals surface area contributed by atoms with E-state index in [1.54, 1.807) is 32.9 Å². The Morgan fingerprint density at radius 2 is 2.12 bits per heavy atom. The lowest BCUT2D eigenvalue weighted by Crippen LogP contribution is -2.47. The Kier molecular flexibility index (Phi) is 4.88. The number of benzene rings is 1. The smallest absolute Gasteiger partial charge is 0.326 e. The topological polar surface area (TPSA) is 46.6 Å². The fraction of sp³-hybridized carbons (Fsp3) is 0.579. The first kappa shape index (κ1) is 19.3. The minimum Gasteiger partial charge on any atom is -0.459 e. The van der Waals surface area contributed by atoms with E-state index in [0.29, 0.717) is 16.7 Å². The van der Waals surface area contributed by atoms with E-state index in [4.69, 9.17) is 4.74 Å². The molecule has 1 aliphatic carbocycles. The SMILES string of the molecule is CC(C)(C)OC(=O)CN1CC2(C[C@@H]2F)c2cc(C(F)CBr)ccc2C1=O. The summed E-state index contributed by atoms with van der Waals surface area (Å²) in [5.74, 6) is -0.878. The molecule has 1 aliphatic heterocycles. The molecular formula is C19H22BrF2NO3. The van der Waals surface area contributed by atoms with Crippen LogP contribution in [0.3, 0.4) is 0 Å². The van der Waals surface area contributed by atoms with Crippen LogP contribution in [-0.2, 0) is 14.9 Å². The zero-order valence-electron chi connectivity index (χ0n) is 15.0. The fourth-order valence-corrected chi connectivity index (χ4v) is 3.85. The molecule has 1 fully saturated rings. The Balaban J connectivity index is 1.89. The molecule has 1 amide bonds. The molecular weight excluding hydrogens is 408 g/mol. The van der Waals surface area contributed by atoms with Crippen molar-refractivity contribution in [3.05, 3.63) is 34.9 Å². The zero-order chi connectivity index (χ0) is 19.3. The number of hydrogen-bond acceptors (Lipinski definition) is 3. The van der Waals surface area contributed by atoms with Crippen LogP contribution in [0.5, 0.6) is 0 Å². The molecule has 2 aliphatic rings. The Morgan fingerprint density at radius 3 is 2.65 bits per heavy atom. The van der Waals surface area contributed by atoms with Gasteiger partial charge in [0.15, 0.2) is 0 Å². The van der Waals surface area contributed by atoms with Crippen molar-refractivity contribution >= 4 is 27.8 Å². The van der Waals surface area contributed by atoms with Crippen LogP contribution in [0.15, 0.2) is 18.2 Å². The van der Waals surface area contributed by atoms with Gasteiger partial charge in [-0.05, 0) is 44.4 Å². The van der Waals surface area contributed by atoms with E-state index in [9.17, 15) is 18.4 Å². The number of rotatable bonds is 4. The van der Waals surface area contributed by atoms with Crippen molar-refractivity contribution < 1.29 is 23.1 Å². The first-order valence-corrected chi connectivity index (χ1v) is 9.69. The van der Waals surface area contributed by atoms with E-state index >= 15 is 0 Å². The third-order valence-corrected chi connectivity index (χ3v) is 5.36. The Hall–Kier alpha value is -1.50. The van der Waals surface area contributed by atoms with Gasteiger partial charge in [-0.25, -0.2) is 8.78 Å². The highest BCUT2D eigenvalue weighted by atomic mass is 79.9. The molecule has 7 heteroatoms. The van der Waals surface area contributed by atoms with Gasteiger partial charge in [-0.1, -0.05) is 28.1 Å². The first-order valence-electron chi connectivity index (χ1n) is 8.57. The maximum absolute atomic E-state index is 14.3. The second-order valence-electron chi connectivity index (χ2n) is 8.00. The van der Waals surface area contributed by atoms with Crippen LogP contribution < -0.4 is 0 Å². The highest BCUT2D eigenvalue weighted by molar-refractivity contribution is 9.09. The van der Waals surface area contributed by atoms with Crippen molar-refractivity contribution in [2.45, 2.75) is 50.6 Å². The van der Waals surface area contributed by atoms with Crippen LogP contribution in [0.4, 0.5) is 8.78 Å². The van der Waals surface area contributed by atoms with Gasteiger partial charge in [0.25, 0.3) is 5.91 Å². The van der Waals surface area contributed by atoms with E-state index in [0.717, 1.165) is 0 Å². The number of fused-ring (bicyclic) bond motifs is 2. The summed E-state index contributed by atoms with van der Waals surface area (Å²) < 4.78 is 33.6. The average molecular weight is 430 g/mol. The van der Waals surface area contributed by atoms with Crippen LogP contribution in [0.25, 0.3) is 0 Å². The number of nitrogens with zero attached hydrogens (tertiary/aromatic N) is 1. The molecule has 142 valence electrons. The second kappa shape index (κ2) is 6.59. The van der Waals surface area contributed by atoms with Gasteiger partial charge in [0.1, 0.15) is 24.5 Å². The molecule has 3 rings (SSSR count). The second-order valence-corrected chi connectivity index (χ2v) is 8.65. The van der Waals surface area contributed by atoms with Crippen LogP contribution >= 0.6 is 15.9 Å². The van der Waals surface area contributed by atoms with Crippen LogP contribution in [0.2, 0.25) is 0 Å². The molecule has 1 saturated carbocycles. The van der Waals surface area contributed by atoms with Gasteiger partial charge in [0, 0.05) is 22.9 Å². The van der Waals surface area contributed by atoms with E-state index in [-0.39, 0.29) is 30.7 Å². The lowest BCUT2D eigenvalue weighted by atomic mass is 9.84. The summed E-state index contributed by atoms with van der Waals surface area (Å²) in [7, 11) is 0. The summed E-state index contributed by atoms with van der Waals surface area (Å²) in [5, 5.41) is 0.135. The number of amides is 1. The van der Waals surface area contributed by atoms with Crippen molar-refractivity contribution in [1.82, 2.24) is 4.90 Å². The molecule has 1 spiro atoms. The van der Waals surface area contributed by atoms with Crippen molar-refractivity contribution in [1.29, 1.82) is 0 Å². The van der Waals surface area contributed by atoms with E-state index < -0.39 is 29.3 Å². The molecule has 0 N–H and O–H groups in total. The molecule has 1 aromatic rings. The van der Waals surface area contributed by atoms with Gasteiger partial charge < -0.3 is 9.64 Å². The predicted molar refractivity (Wildman–Crippen MR) is 97.0 cm³/mol. The van der Waals surface area contributed by atoms with E-state index in [1.807, 2.05) is 0 Å². The number of halogens is 3. The molecule has 26 heavy (non-hydrogen) atoms. The number of carbonyl (C=O) groups excluding carboxylic acids is 2. The van der Waals surface area contributed by atoms with Gasteiger partial charge in [-0.3, -0.25) is 9.59 Å². The van der Waals surface area contributed by atoms with Gasteiger partial charge in [-0.15, -0.1) is 0 Å². The quantitative estimate of drug-likeness (QED) is 0.538. The molecule has 3 atom stereocenters. The maximum Gasteiger partial charge on any atom is 0.326 e. The number of ether oxygens (including phenoxy) is 1. The molecule has 0 aromatic heterocycles. The van der Waals surface area contributed by atoms with Crippen LogP contribution in [-0.4, -0.2) is 47.0 Å². The van der Waals surface area contributed by atoms with Crippen molar-refractivity contribution in [2.24, 2.45) is 0 Å². The summed E-state index contributed by atoms with van der Waals surface area (Å²) in [6.45, 7) is 5.12. The molecule has 1 aromatic carbocycles. The van der Waals surface area contributed by atoms with E-state index in [1.165, 1.54) is 11.0 Å². The summed E-state index contributed by atoms with van der Waals surface area (Å²) in [5.41, 5.74) is -0.184. The number of alkyl halides is 3. The normalized spacial score (nSPS) is 25.8. The molecule has 1 heterocycles. The molecule has 0 bridgehead atoms. The summed E-state index contributed by atoms with van der Waals surface area (Å²) in [4.78, 5) is 26.2. The maximum atomic E-state index is 14.3. The third kappa shape index (κ3) is 3.50. The lowest BCUT2D eigenvalue weighted by Gasteiger charge is -2.35. The molecule has 2 unspecified atom stereocenters. The number of carbonyl (C=O) groups is 2. The Bertz CT molecular complexity index is 749. The third-order valence-electron chi connectivity index (χ3n) is 4.79. The Labute approximate surface area is 160 Å². The van der Waals surface area contributed by atoms with Crippen LogP contribution in [0, 0.1) is 0 Å². The fourth-order valence-electron chi connectivity index (χ4n) is 3.47. The standard InChI is InChI=1S/C19H22BrF2NO3/c1-18(2,3)26-16(24)9-23-10-19(7-15(19)22)13-6-11(14(21)8-20)4-5-12(13)17(23)25/h4-6,14-15H,7-10H2,1-3H3/t14?,15-,19?/m0/s1. The summed E-state index contributed by atoms with van der Waals surface area (Å²) in [6, 6.07) is 4.68. The van der Waals surface area contributed by atoms with Crippen molar-refractivity contribution in [3.8, 4) is 0 Å². The van der Waals surface area contributed by atoms with Crippen molar-refractivity contribution in [2.75, 3.05) is 18.4 Å². The summed E-state index contributed by atoms with van der Waals surface area (Å²) in [6.07, 6.45) is -2.05. The summed E-state index contributed by atoms with van der Waals surface area (Å²) >= 11 is 3.10. The van der Waals surface area contributed by atoms with Gasteiger partial charge >= 0.3 is 5.97 Å².